The van der Waals surface area contributed by atoms with Crippen LogP contribution in [-0.2, 0) is 9.53 Å². The second kappa shape index (κ2) is 5.76. The lowest BCUT2D eigenvalue weighted by Gasteiger charge is -2.33. The topological polar surface area (TPSA) is 45.3 Å². The van der Waals surface area contributed by atoms with E-state index >= 15 is 0 Å². The zero-order valence-corrected chi connectivity index (χ0v) is 12.8. The summed E-state index contributed by atoms with van der Waals surface area (Å²) in [5, 5.41) is 1.28. The number of rotatable bonds is 2. The van der Waals surface area contributed by atoms with Crippen LogP contribution in [0.15, 0.2) is 30.3 Å². The summed E-state index contributed by atoms with van der Waals surface area (Å²) in [6.45, 7) is 3.09. The number of aromatic amines is 1. The molecule has 0 aliphatic carbocycles. The predicted molar refractivity (Wildman–Crippen MR) is 85.8 cm³/mol. The Morgan fingerprint density at radius 3 is 2.73 bits per heavy atom. The van der Waals surface area contributed by atoms with Gasteiger partial charge in [0, 0.05) is 36.8 Å². The molecule has 0 bridgehead atoms. The average Bonchev–Trinajstić information content (AvgIpc) is 3.23. The lowest BCUT2D eigenvalue weighted by molar-refractivity contribution is -0.136. The number of likely N-dealkylation sites (tertiary alicyclic amines) is 1. The number of hydrogen-bond acceptors (Lipinski definition) is 2. The third kappa shape index (κ3) is 2.52. The van der Waals surface area contributed by atoms with E-state index < -0.39 is 0 Å². The number of aromatic nitrogens is 1. The lowest BCUT2D eigenvalue weighted by Crippen LogP contribution is -2.41. The lowest BCUT2D eigenvalue weighted by atomic mass is 9.92. The molecule has 1 aromatic heterocycles. The number of H-pyrrole nitrogens is 1. The van der Waals surface area contributed by atoms with Gasteiger partial charge < -0.3 is 14.6 Å². The molecule has 2 aliphatic rings. The Hall–Kier alpha value is -1.81. The van der Waals surface area contributed by atoms with E-state index in [2.05, 4.69) is 35.3 Å². The minimum atomic E-state index is 0.102. The first-order valence-electron chi connectivity index (χ1n) is 8.25. The molecule has 4 rings (SSSR count). The van der Waals surface area contributed by atoms with Crippen LogP contribution < -0.4 is 0 Å². The van der Waals surface area contributed by atoms with E-state index in [1.54, 1.807) is 0 Å². The van der Waals surface area contributed by atoms with Crippen molar-refractivity contribution in [3.05, 3.63) is 36.0 Å². The smallest absolute Gasteiger partial charge is 0.228 e. The summed E-state index contributed by atoms with van der Waals surface area (Å²) in [4.78, 5) is 18.0. The highest BCUT2D eigenvalue weighted by atomic mass is 16.5. The molecule has 4 nitrogen and oxygen atoms in total. The average molecular weight is 298 g/mol. The summed E-state index contributed by atoms with van der Waals surface area (Å²) >= 11 is 0. The number of carbonyl (C=O) groups excluding carboxylic acids is 1. The number of ether oxygens (including phenoxy) is 1. The third-order valence-electron chi connectivity index (χ3n) is 5.08. The van der Waals surface area contributed by atoms with Crippen molar-refractivity contribution < 1.29 is 9.53 Å². The normalized spacial score (nSPS) is 23.3. The first-order valence-corrected chi connectivity index (χ1v) is 8.25. The van der Waals surface area contributed by atoms with Crippen LogP contribution >= 0.6 is 0 Å². The molecule has 4 heteroatoms. The largest absolute Gasteiger partial charge is 0.381 e. The molecule has 2 aromatic rings. The van der Waals surface area contributed by atoms with Gasteiger partial charge in [-0.2, -0.15) is 0 Å². The molecule has 1 N–H and O–H groups in total. The fourth-order valence-corrected chi connectivity index (χ4v) is 3.71. The molecule has 2 saturated heterocycles. The van der Waals surface area contributed by atoms with Crippen molar-refractivity contribution in [2.75, 3.05) is 26.3 Å². The maximum atomic E-state index is 12.4. The molecule has 0 spiro atoms. The predicted octanol–water partition coefficient (Wildman–Crippen LogP) is 2.91. The second-order valence-electron chi connectivity index (χ2n) is 6.47. The van der Waals surface area contributed by atoms with Gasteiger partial charge in [-0.1, -0.05) is 18.2 Å². The van der Waals surface area contributed by atoms with Crippen molar-refractivity contribution in [3.63, 3.8) is 0 Å². The first kappa shape index (κ1) is 13.8. The molecule has 1 aromatic carbocycles. The Morgan fingerprint density at radius 1 is 1.18 bits per heavy atom. The van der Waals surface area contributed by atoms with Crippen molar-refractivity contribution in [1.29, 1.82) is 0 Å². The number of fused-ring (bicyclic) bond motifs is 1. The van der Waals surface area contributed by atoms with Crippen LogP contribution in [0, 0.1) is 5.92 Å². The Bertz CT molecular complexity index is 632. The van der Waals surface area contributed by atoms with Crippen LogP contribution in [0.1, 0.15) is 30.9 Å². The number of piperidine rings is 1. The molecule has 22 heavy (non-hydrogen) atoms. The third-order valence-corrected chi connectivity index (χ3v) is 5.08. The molecule has 0 radical (unpaired) electrons. The van der Waals surface area contributed by atoms with Crippen LogP contribution in [0.5, 0.6) is 0 Å². The van der Waals surface area contributed by atoms with Crippen LogP contribution in [-0.4, -0.2) is 42.1 Å². The molecule has 3 heterocycles. The molecule has 1 atom stereocenters. The quantitative estimate of drug-likeness (QED) is 0.926. The standard InChI is InChI=1S/C18H22N2O2/c21-18(15-7-10-22-12-15)20-8-5-13(6-9-20)17-11-14-3-1-2-4-16(14)19-17/h1-4,11,13,15,19H,5-10,12H2. The Balaban J connectivity index is 1.41. The van der Waals surface area contributed by atoms with Crippen molar-refractivity contribution in [2.45, 2.75) is 25.2 Å². The van der Waals surface area contributed by atoms with Crippen molar-refractivity contribution in [2.24, 2.45) is 5.92 Å². The van der Waals surface area contributed by atoms with E-state index in [4.69, 9.17) is 4.74 Å². The molecular formula is C18H22N2O2. The van der Waals surface area contributed by atoms with Gasteiger partial charge in [-0.3, -0.25) is 4.79 Å². The maximum absolute atomic E-state index is 12.4. The van der Waals surface area contributed by atoms with E-state index in [1.165, 1.54) is 16.6 Å². The fourth-order valence-electron chi connectivity index (χ4n) is 3.71. The minimum Gasteiger partial charge on any atom is -0.381 e. The van der Waals surface area contributed by atoms with E-state index in [0.717, 1.165) is 39.0 Å². The highest BCUT2D eigenvalue weighted by molar-refractivity contribution is 5.81. The van der Waals surface area contributed by atoms with Crippen LogP contribution in [0.3, 0.4) is 0 Å². The van der Waals surface area contributed by atoms with Gasteiger partial charge in [0.15, 0.2) is 0 Å². The van der Waals surface area contributed by atoms with Crippen LogP contribution in [0.4, 0.5) is 0 Å². The van der Waals surface area contributed by atoms with E-state index in [-0.39, 0.29) is 5.92 Å². The number of carbonyl (C=O) groups is 1. The van der Waals surface area contributed by atoms with Gasteiger partial charge in [0.25, 0.3) is 0 Å². The van der Waals surface area contributed by atoms with E-state index in [1.807, 2.05) is 4.90 Å². The number of para-hydroxylation sites is 1. The van der Waals surface area contributed by atoms with Crippen molar-refractivity contribution in [1.82, 2.24) is 9.88 Å². The molecule has 0 saturated carbocycles. The van der Waals surface area contributed by atoms with Gasteiger partial charge in [-0.25, -0.2) is 0 Å². The van der Waals surface area contributed by atoms with Gasteiger partial charge in [0.1, 0.15) is 0 Å². The Labute approximate surface area is 130 Å². The minimum absolute atomic E-state index is 0.102. The second-order valence-corrected chi connectivity index (χ2v) is 6.47. The number of nitrogens with one attached hydrogen (secondary N) is 1. The highest BCUT2D eigenvalue weighted by Crippen LogP contribution is 2.30. The molecule has 2 aliphatic heterocycles. The van der Waals surface area contributed by atoms with E-state index in [0.29, 0.717) is 18.4 Å². The van der Waals surface area contributed by atoms with Crippen molar-refractivity contribution >= 4 is 16.8 Å². The number of benzene rings is 1. The van der Waals surface area contributed by atoms with Crippen LogP contribution in [0.2, 0.25) is 0 Å². The van der Waals surface area contributed by atoms with Gasteiger partial charge in [0.2, 0.25) is 5.91 Å². The molecule has 116 valence electrons. The monoisotopic (exact) mass is 298 g/mol. The molecule has 2 fully saturated rings. The fraction of sp³-hybridized carbons (Fsp3) is 0.500. The number of nitrogens with zero attached hydrogens (tertiary/aromatic N) is 1. The zero-order chi connectivity index (χ0) is 14.9. The number of amides is 1. The number of hydrogen-bond donors (Lipinski definition) is 1. The van der Waals surface area contributed by atoms with E-state index in [9.17, 15) is 4.79 Å². The first-order chi connectivity index (χ1) is 10.8. The summed E-state index contributed by atoms with van der Waals surface area (Å²) in [6.07, 6.45) is 2.99. The molecule has 1 amide bonds. The highest BCUT2D eigenvalue weighted by Gasteiger charge is 2.31. The summed E-state index contributed by atoms with van der Waals surface area (Å²) in [6, 6.07) is 10.7. The summed E-state index contributed by atoms with van der Waals surface area (Å²) in [7, 11) is 0. The zero-order valence-electron chi connectivity index (χ0n) is 12.8. The summed E-state index contributed by atoms with van der Waals surface area (Å²) in [5.74, 6) is 0.938. The van der Waals surface area contributed by atoms with Gasteiger partial charge in [-0.15, -0.1) is 0 Å². The maximum Gasteiger partial charge on any atom is 0.228 e. The summed E-state index contributed by atoms with van der Waals surface area (Å²) in [5.41, 5.74) is 2.52. The van der Waals surface area contributed by atoms with Gasteiger partial charge in [0.05, 0.1) is 12.5 Å². The van der Waals surface area contributed by atoms with Gasteiger partial charge in [-0.05, 0) is 36.8 Å². The Kier molecular flexibility index (Phi) is 3.62. The SMILES string of the molecule is O=C(C1CCOC1)N1CCC(c2cc3ccccc3[nH]2)CC1. The van der Waals surface area contributed by atoms with Gasteiger partial charge >= 0.3 is 0 Å². The van der Waals surface area contributed by atoms with Crippen molar-refractivity contribution in [3.8, 4) is 0 Å². The molecular weight excluding hydrogens is 276 g/mol. The van der Waals surface area contributed by atoms with Crippen LogP contribution in [0.25, 0.3) is 10.9 Å². The Morgan fingerprint density at radius 2 is 2.00 bits per heavy atom. The molecule has 1 unspecified atom stereocenters. The summed E-state index contributed by atoms with van der Waals surface area (Å²) < 4.78 is 5.34.